The second-order valence-electron chi connectivity index (χ2n) is 4.19. The third kappa shape index (κ3) is 4.48. The average Bonchev–Trinajstić information content (AvgIpc) is 2.24. The number of hydrogen-bond acceptors (Lipinski definition) is 2. The van der Waals surface area contributed by atoms with Crippen molar-refractivity contribution in [2.24, 2.45) is 0 Å². The van der Waals surface area contributed by atoms with E-state index in [0.717, 1.165) is 28.7 Å². The number of halogens is 1. The summed E-state index contributed by atoms with van der Waals surface area (Å²) in [5.74, 6) is 0.0629. The van der Waals surface area contributed by atoms with E-state index in [9.17, 15) is 4.79 Å². The van der Waals surface area contributed by atoms with Gasteiger partial charge in [0.2, 0.25) is 5.91 Å². The van der Waals surface area contributed by atoms with E-state index in [2.05, 4.69) is 32.6 Å². The minimum atomic E-state index is 0.0629. The highest BCUT2D eigenvalue weighted by molar-refractivity contribution is 9.10. The molecule has 1 aromatic rings. The van der Waals surface area contributed by atoms with E-state index in [4.69, 9.17) is 0 Å². The minimum absolute atomic E-state index is 0.0629. The molecule has 1 amide bonds. The molecule has 17 heavy (non-hydrogen) atoms. The molecule has 0 spiro atoms. The quantitative estimate of drug-likeness (QED) is 0.821. The first-order valence-electron chi connectivity index (χ1n) is 5.75. The van der Waals surface area contributed by atoms with Gasteiger partial charge in [0, 0.05) is 10.9 Å². The number of hydrogen-bond donors (Lipinski definition) is 2. The maximum atomic E-state index is 11.7. The lowest BCUT2D eigenvalue weighted by Crippen LogP contribution is -2.16. The molecule has 0 aliphatic carbocycles. The minimum Gasteiger partial charge on any atom is -0.325 e. The molecule has 4 heteroatoms. The summed E-state index contributed by atoms with van der Waals surface area (Å²) in [6.07, 6.45) is 1.39. The van der Waals surface area contributed by atoms with E-state index in [0.29, 0.717) is 6.42 Å². The maximum absolute atomic E-state index is 11.7. The van der Waals surface area contributed by atoms with Crippen molar-refractivity contribution >= 4 is 27.5 Å². The molecule has 0 bridgehead atoms. The van der Waals surface area contributed by atoms with Gasteiger partial charge in [-0.15, -0.1) is 0 Å². The van der Waals surface area contributed by atoms with Crippen LogP contribution in [0.1, 0.15) is 24.0 Å². The molecule has 0 unspecified atom stereocenters. The first-order valence-corrected chi connectivity index (χ1v) is 6.55. The smallest absolute Gasteiger partial charge is 0.224 e. The van der Waals surface area contributed by atoms with Crippen LogP contribution in [-0.2, 0) is 4.79 Å². The first kappa shape index (κ1) is 14.2. The molecule has 0 heterocycles. The van der Waals surface area contributed by atoms with Crippen molar-refractivity contribution in [1.29, 1.82) is 0 Å². The predicted octanol–water partition coefficient (Wildman–Crippen LogP) is 3.00. The molecule has 0 radical (unpaired) electrons. The zero-order valence-corrected chi connectivity index (χ0v) is 12.1. The van der Waals surface area contributed by atoms with Gasteiger partial charge in [0.05, 0.1) is 5.69 Å². The van der Waals surface area contributed by atoms with Gasteiger partial charge in [-0.05, 0) is 67.0 Å². The van der Waals surface area contributed by atoms with E-state index in [-0.39, 0.29) is 5.91 Å². The molecule has 3 nitrogen and oxygen atoms in total. The summed E-state index contributed by atoms with van der Waals surface area (Å²) in [7, 11) is 1.89. The van der Waals surface area contributed by atoms with Crippen molar-refractivity contribution in [3.63, 3.8) is 0 Å². The highest BCUT2D eigenvalue weighted by Gasteiger charge is 2.08. The monoisotopic (exact) mass is 298 g/mol. The van der Waals surface area contributed by atoms with E-state index in [1.807, 2.05) is 27.0 Å². The summed E-state index contributed by atoms with van der Waals surface area (Å²) in [5.41, 5.74) is 3.14. The lowest BCUT2D eigenvalue weighted by atomic mass is 10.1. The Labute approximate surface area is 111 Å². The van der Waals surface area contributed by atoms with E-state index in [1.165, 1.54) is 5.56 Å². The van der Waals surface area contributed by atoms with Gasteiger partial charge < -0.3 is 10.6 Å². The van der Waals surface area contributed by atoms with Gasteiger partial charge in [0.25, 0.3) is 0 Å². The fourth-order valence-electron chi connectivity index (χ4n) is 1.70. The first-order chi connectivity index (χ1) is 8.04. The molecular formula is C13H19BrN2O. The second-order valence-corrected chi connectivity index (χ2v) is 5.05. The molecule has 0 aromatic heterocycles. The van der Waals surface area contributed by atoms with Gasteiger partial charge in [0.15, 0.2) is 0 Å². The lowest BCUT2D eigenvalue weighted by molar-refractivity contribution is -0.116. The van der Waals surface area contributed by atoms with Crippen LogP contribution in [0, 0.1) is 13.8 Å². The number of rotatable bonds is 5. The van der Waals surface area contributed by atoms with Crippen LogP contribution in [0.25, 0.3) is 0 Å². The van der Waals surface area contributed by atoms with Gasteiger partial charge in [-0.2, -0.15) is 0 Å². The predicted molar refractivity (Wildman–Crippen MR) is 75.4 cm³/mol. The van der Waals surface area contributed by atoms with Crippen LogP contribution in [0.2, 0.25) is 0 Å². The molecule has 0 saturated carbocycles. The Balaban J connectivity index is 2.65. The Morgan fingerprint density at radius 1 is 1.35 bits per heavy atom. The van der Waals surface area contributed by atoms with Crippen molar-refractivity contribution in [3.8, 4) is 0 Å². The summed E-state index contributed by atoms with van der Waals surface area (Å²) < 4.78 is 0.942. The average molecular weight is 299 g/mol. The van der Waals surface area contributed by atoms with Crippen molar-refractivity contribution in [3.05, 3.63) is 27.7 Å². The molecule has 0 atom stereocenters. The molecule has 0 aliphatic rings. The van der Waals surface area contributed by atoms with Gasteiger partial charge in [0.1, 0.15) is 0 Å². The highest BCUT2D eigenvalue weighted by atomic mass is 79.9. The fraction of sp³-hybridized carbons (Fsp3) is 0.462. The molecule has 0 fully saturated rings. The Kier molecular flexibility index (Phi) is 5.65. The molecule has 0 saturated heterocycles. The number of carbonyl (C=O) groups is 1. The molecule has 1 aromatic carbocycles. The van der Waals surface area contributed by atoms with Crippen molar-refractivity contribution in [2.75, 3.05) is 18.9 Å². The number of nitrogens with one attached hydrogen (secondary N) is 2. The standard InChI is InChI=1S/C13H19BrN2O/c1-9-7-10(2)13(11(14)8-9)16-12(17)5-4-6-15-3/h7-8,15H,4-6H2,1-3H3,(H,16,17). The topological polar surface area (TPSA) is 41.1 Å². The fourth-order valence-corrected chi connectivity index (χ4v) is 2.47. The molecule has 1 rings (SSSR count). The lowest BCUT2D eigenvalue weighted by Gasteiger charge is -2.11. The van der Waals surface area contributed by atoms with Crippen LogP contribution < -0.4 is 10.6 Å². The molecule has 0 aliphatic heterocycles. The van der Waals surface area contributed by atoms with Crippen LogP contribution in [0.4, 0.5) is 5.69 Å². The van der Waals surface area contributed by atoms with E-state index >= 15 is 0 Å². The van der Waals surface area contributed by atoms with Crippen LogP contribution in [0.5, 0.6) is 0 Å². The summed E-state index contributed by atoms with van der Waals surface area (Å²) in [6.45, 7) is 4.90. The van der Waals surface area contributed by atoms with Gasteiger partial charge in [-0.1, -0.05) is 6.07 Å². The van der Waals surface area contributed by atoms with Crippen LogP contribution in [-0.4, -0.2) is 19.5 Å². The van der Waals surface area contributed by atoms with Crippen LogP contribution in [0.15, 0.2) is 16.6 Å². The molecule has 94 valence electrons. The van der Waals surface area contributed by atoms with Gasteiger partial charge in [-0.25, -0.2) is 0 Å². The summed E-state index contributed by atoms with van der Waals surface area (Å²) >= 11 is 3.48. The summed E-state index contributed by atoms with van der Waals surface area (Å²) in [6, 6.07) is 4.07. The number of anilines is 1. The van der Waals surface area contributed by atoms with Crippen LogP contribution in [0.3, 0.4) is 0 Å². The number of carbonyl (C=O) groups excluding carboxylic acids is 1. The summed E-state index contributed by atoms with van der Waals surface area (Å²) in [4.78, 5) is 11.7. The van der Waals surface area contributed by atoms with Crippen molar-refractivity contribution < 1.29 is 4.79 Å². The third-order valence-corrected chi connectivity index (χ3v) is 3.15. The Bertz CT molecular complexity index is 381. The van der Waals surface area contributed by atoms with E-state index < -0.39 is 0 Å². The maximum Gasteiger partial charge on any atom is 0.224 e. The Morgan fingerprint density at radius 3 is 2.65 bits per heavy atom. The SMILES string of the molecule is CNCCCC(=O)Nc1c(C)cc(C)cc1Br. The molecular weight excluding hydrogens is 280 g/mol. The number of amides is 1. The Hall–Kier alpha value is -0.870. The van der Waals surface area contributed by atoms with Gasteiger partial charge in [-0.3, -0.25) is 4.79 Å². The Morgan fingerprint density at radius 2 is 2.06 bits per heavy atom. The largest absolute Gasteiger partial charge is 0.325 e. The normalized spacial score (nSPS) is 10.4. The number of benzene rings is 1. The zero-order chi connectivity index (χ0) is 12.8. The zero-order valence-electron chi connectivity index (χ0n) is 10.6. The van der Waals surface area contributed by atoms with Gasteiger partial charge >= 0.3 is 0 Å². The van der Waals surface area contributed by atoms with Crippen LogP contribution >= 0.6 is 15.9 Å². The van der Waals surface area contributed by atoms with E-state index in [1.54, 1.807) is 0 Å². The molecule has 2 N–H and O–H groups in total. The highest BCUT2D eigenvalue weighted by Crippen LogP contribution is 2.27. The third-order valence-electron chi connectivity index (χ3n) is 2.53. The summed E-state index contributed by atoms with van der Waals surface area (Å²) in [5, 5.41) is 5.98. The number of aryl methyl sites for hydroxylation is 2. The second kappa shape index (κ2) is 6.77. The van der Waals surface area contributed by atoms with Crippen molar-refractivity contribution in [2.45, 2.75) is 26.7 Å². The van der Waals surface area contributed by atoms with Crippen molar-refractivity contribution in [1.82, 2.24) is 5.32 Å².